The first kappa shape index (κ1) is 12.7. The largest absolute Gasteiger partial charge is 0.466 e. The zero-order valence-corrected chi connectivity index (χ0v) is 11.0. The van der Waals surface area contributed by atoms with Gasteiger partial charge in [-0.25, -0.2) is 0 Å². The lowest BCUT2D eigenvalue weighted by Gasteiger charge is -2.01. The van der Waals surface area contributed by atoms with Crippen LogP contribution in [0.5, 0.6) is 0 Å². The molecule has 17 heavy (non-hydrogen) atoms. The van der Waals surface area contributed by atoms with Crippen LogP contribution in [-0.4, -0.2) is 19.6 Å². The molecule has 3 nitrogen and oxygen atoms in total. The first-order chi connectivity index (χ1) is 8.29. The van der Waals surface area contributed by atoms with Crippen LogP contribution in [0.4, 0.5) is 0 Å². The standard InChI is InChI=1S/C14H24N2O/c1-11-12(10-15-2)9-14(17-11)5-3-4-8-16-13-6-7-13/h9,13,15-16H,3-8,10H2,1-2H3. The normalized spacial score (nSPS) is 15.4. The summed E-state index contributed by atoms with van der Waals surface area (Å²) < 4.78 is 5.75. The second-order valence-corrected chi connectivity index (χ2v) is 5.01. The van der Waals surface area contributed by atoms with Crippen molar-refractivity contribution in [2.24, 2.45) is 0 Å². The molecule has 2 rings (SSSR count). The molecule has 0 aliphatic heterocycles. The van der Waals surface area contributed by atoms with E-state index < -0.39 is 0 Å². The maximum absolute atomic E-state index is 5.75. The second kappa shape index (κ2) is 6.22. The van der Waals surface area contributed by atoms with Gasteiger partial charge in [0.15, 0.2) is 0 Å². The topological polar surface area (TPSA) is 37.2 Å². The van der Waals surface area contributed by atoms with Crippen molar-refractivity contribution in [2.75, 3.05) is 13.6 Å². The van der Waals surface area contributed by atoms with Gasteiger partial charge in [0.05, 0.1) is 0 Å². The first-order valence-corrected chi connectivity index (χ1v) is 6.75. The van der Waals surface area contributed by atoms with Gasteiger partial charge in [-0.15, -0.1) is 0 Å². The van der Waals surface area contributed by atoms with E-state index in [1.807, 2.05) is 14.0 Å². The number of unbranched alkanes of at least 4 members (excludes halogenated alkanes) is 1. The molecule has 1 aliphatic rings. The molecule has 0 spiro atoms. The van der Waals surface area contributed by atoms with Gasteiger partial charge >= 0.3 is 0 Å². The monoisotopic (exact) mass is 236 g/mol. The predicted molar refractivity (Wildman–Crippen MR) is 70.2 cm³/mol. The number of rotatable bonds is 8. The van der Waals surface area contributed by atoms with Crippen LogP contribution in [0.3, 0.4) is 0 Å². The Morgan fingerprint density at radius 2 is 2.18 bits per heavy atom. The van der Waals surface area contributed by atoms with E-state index in [9.17, 15) is 0 Å². The number of furan rings is 1. The van der Waals surface area contributed by atoms with Gasteiger partial charge in [0.2, 0.25) is 0 Å². The van der Waals surface area contributed by atoms with E-state index in [0.29, 0.717) is 0 Å². The van der Waals surface area contributed by atoms with Crippen LogP contribution in [0, 0.1) is 6.92 Å². The fourth-order valence-corrected chi connectivity index (χ4v) is 2.09. The third kappa shape index (κ3) is 4.17. The molecule has 96 valence electrons. The van der Waals surface area contributed by atoms with Crippen molar-refractivity contribution >= 4 is 0 Å². The minimum Gasteiger partial charge on any atom is -0.466 e. The maximum Gasteiger partial charge on any atom is 0.105 e. The summed E-state index contributed by atoms with van der Waals surface area (Å²) in [6, 6.07) is 3.03. The van der Waals surface area contributed by atoms with Crippen LogP contribution >= 0.6 is 0 Å². The Hall–Kier alpha value is -0.800. The summed E-state index contributed by atoms with van der Waals surface area (Å²) in [5.74, 6) is 2.20. The molecular formula is C14H24N2O. The molecule has 0 unspecified atom stereocenters. The molecule has 1 aromatic heterocycles. The van der Waals surface area contributed by atoms with Crippen molar-refractivity contribution in [3.8, 4) is 0 Å². The Bertz CT molecular complexity index is 342. The molecule has 1 aromatic rings. The van der Waals surface area contributed by atoms with E-state index in [0.717, 1.165) is 37.1 Å². The van der Waals surface area contributed by atoms with E-state index in [1.54, 1.807) is 0 Å². The van der Waals surface area contributed by atoms with Gasteiger partial charge in [-0.3, -0.25) is 0 Å². The average Bonchev–Trinajstić information content (AvgIpc) is 3.05. The highest BCUT2D eigenvalue weighted by Gasteiger charge is 2.19. The van der Waals surface area contributed by atoms with E-state index in [1.165, 1.54) is 31.2 Å². The Kier molecular flexibility index (Phi) is 4.63. The molecule has 1 fully saturated rings. The molecule has 1 saturated carbocycles. The highest BCUT2D eigenvalue weighted by Crippen LogP contribution is 2.19. The SMILES string of the molecule is CNCc1cc(CCCCNC2CC2)oc1C. The highest BCUT2D eigenvalue weighted by molar-refractivity contribution is 5.20. The van der Waals surface area contributed by atoms with Crippen LogP contribution in [0.1, 0.15) is 42.8 Å². The molecule has 3 heteroatoms. The lowest BCUT2D eigenvalue weighted by atomic mass is 10.2. The summed E-state index contributed by atoms with van der Waals surface area (Å²) in [6.45, 7) is 4.11. The summed E-state index contributed by atoms with van der Waals surface area (Å²) in [6.07, 6.45) is 6.29. The summed E-state index contributed by atoms with van der Waals surface area (Å²) >= 11 is 0. The summed E-state index contributed by atoms with van der Waals surface area (Å²) in [7, 11) is 1.97. The Morgan fingerprint density at radius 3 is 2.88 bits per heavy atom. The number of hydrogen-bond donors (Lipinski definition) is 2. The number of nitrogens with one attached hydrogen (secondary N) is 2. The number of aryl methyl sites for hydroxylation is 2. The van der Waals surface area contributed by atoms with E-state index >= 15 is 0 Å². The molecule has 1 heterocycles. The van der Waals surface area contributed by atoms with Crippen LogP contribution in [0.2, 0.25) is 0 Å². The molecular weight excluding hydrogens is 212 g/mol. The number of hydrogen-bond acceptors (Lipinski definition) is 3. The third-order valence-corrected chi connectivity index (χ3v) is 3.30. The van der Waals surface area contributed by atoms with E-state index in [2.05, 4.69) is 16.7 Å². The lowest BCUT2D eigenvalue weighted by Crippen LogP contribution is -2.17. The van der Waals surface area contributed by atoms with Crippen molar-refractivity contribution in [3.05, 3.63) is 23.2 Å². The third-order valence-electron chi connectivity index (χ3n) is 3.30. The predicted octanol–water partition coefficient (Wildman–Crippen LogP) is 2.38. The van der Waals surface area contributed by atoms with Crippen molar-refractivity contribution in [3.63, 3.8) is 0 Å². The zero-order valence-electron chi connectivity index (χ0n) is 11.0. The molecule has 0 radical (unpaired) electrons. The maximum atomic E-state index is 5.75. The molecule has 0 saturated heterocycles. The van der Waals surface area contributed by atoms with Crippen molar-refractivity contribution in [2.45, 2.75) is 51.6 Å². The van der Waals surface area contributed by atoms with Gasteiger partial charge in [-0.2, -0.15) is 0 Å². The van der Waals surface area contributed by atoms with Gasteiger partial charge < -0.3 is 15.1 Å². The van der Waals surface area contributed by atoms with Gasteiger partial charge in [0, 0.05) is 24.6 Å². The molecule has 0 amide bonds. The van der Waals surface area contributed by atoms with E-state index in [4.69, 9.17) is 4.42 Å². The fourth-order valence-electron chi connectivity index (χ4n) is 2.09. The minimum absolute atomic E-state index is 0.836. The Balaban J connectivity index is 1.65. The van der Waals surface area contributed by atoms with Gasteiger partial charge in [0.1, 0.15) is 11.5 Å². The second-order valence-electron chi connectivity index (χ2n) is 5.01. The Morgan fingerprint density at radius 1 is 1.35 bits per heavy atom. The van der Waals surface area contributed by atoms with Gasteiger partial charge in [0.25, 0.3) is 0 Å². The summed E-state index contributed by atoms with van der Waals surface area (Å²) in [5.41, 5.74) is 1.29. The van der Waals surface area contributed by atoms with Crippen LogP contribution in [0.15, 0.2) is 10.5 Å². The van der Waals surface area contributed by atoms with Gasteiger partial charge in [-0.05, 0) is 52.3 Å². The van der Waals surface area contributed by atoms with Crippen LogP contribution in [-0.2, 0) is 13.0 Å². The summed E-state index contributed by atoms with van der Waals surface area (Å²) in [4.78, 5) is 0. The van der Waals surface area contributed by atoms with Gasteiger partial charge in [-0.1, -0.05) is 0 Å². The minimum atomic E-state index is 0.836. The van der Waals surface area contributed by atoms with Crippen molar-refractivity contribution < 1.29 is 4.42 Å². The average molecular weight is 236 g/mol. The quantitative estimate of drug-likeness (QED) is 0.681. The van der Waals surface area contributed by atoms with Crippen LogP contribution in [0.25, 0.3) is 0 Å². The van der Waals surface area contributed by atoms with Crippen LogP contribution < -0.4 is 10.6 Å². The Labute approximate surface area is 104 Å². The molecule has 0 aromatic carbocycles. The lowest BCUT2D eigenvalue weighted by molar-refractivity contribution is 0.468. The first-order valence-electron chi connectivity index (χ1n) is 6.75. The molecule has 0 atom stereocenters. The summed E-state index contributed by atoms with van der Waals surface area (Å²) in [5, 5.41) is 6.70. The highest BCUT2D eigenvalue weighted by atomic mass is 16.3. The zero-order chi connectivity index (χ0) is 12.1. The van der Waals surface area contributed by atoms with Crippen molar-refractivity contribution in [1.82, 2.24) is 10.6 Å². The van der Waals surface area contributed by atoms with E-state index in [-0.39, 0.29) is 0 Å². The molecule has 1 aliphatic carbocycles. The molecule has 0 bridgehead atoms. The smallest absolute Gasteiger partial charge is 0.105 e. The van der Waals surface area contributed by atoms with Crippen molar-refractivity contribution in [1.29, 1.82) is 0 Å². The molecule has 2 N–H and O–H groups in total. The fraction of sp³-hybridized carbons (Fsp3) is 0.714.